The van der Waals surface area contributed by atoms with Crippen LogP contribution in [-0.2, 0) is 0 Å². The molecular weight excluding hydrogens is 266 g/mol. The Labute approximate surface area is 125 Å². The molecule has 0 radical (unpaired) electrons. The van der Waals surface area contributed by atoms with Gasteiger partial charge in [0.15, 0.2) is 0 Å². The predicted molar refractivity (Wildman–Crippen MR) is 83.4 cm³/mol. The van der Waals surface area contributed by atoms with Crippen molar-refractivity contribution < 1.29 is 0 Å². The zero-order chi connectivity index (χ0) is 15.2. The SMILES string of the molecule is CCCCN(c1nc(N)nc(-n2cccn2)n1)C(C)CC. The van der Waals surface area contributed by atoms with E-state index < -0.39 is 0 Å². The van der Waals surface area contributed by atoms with E-state index in [1.54, 1.807) is 17.1 Å². The van der Waals surface area contributed by atoms with Gasteiger partial charge in [-0.1, -0.05) is 20.3 Å². The van der Waals surface area contributed by atoms with E-state index in [9.17, 15) is 0 Å². The Kier molecular flexibility index (Phi) is 5.08. The monoisotopic (exact) mass is 289 g/mol. The highest BCUT2D eigenvalue weighted by molar-refractivity contribution is 5.38. The smallest absolute Gasteiger partial charge is 0.257 e. The number of nitrogens with zero attached hydrogens (tertiary/aromatic N) is 6. The van der Waals surface area contributed by atoms with Crippen LogP contribution >= 0.6 is 0 Å². The van der Waals surface area contributed by atoms with Gasteiger partial charge in [0.2, 0.25) is 11.9 Å². The topological polar surface area (TPSA) is 85.8 Å². The van der Waals surface area contributed by atoms with Crippen LogP contribution < -0.4 is 10.6 Å². The number of nitrogens with two attached hydrogens (primary N) is 1. The Morgan fingerprint density at radius 2 is 2.10 bits per heavy atom. The van der Waals surface area contributed by atoms with Crippen LogP contribution in [0.25, 0.3) is 5.95 Å². The van der Waals surface area contributed by atoms with Gasteiger partial charge in [0, 0.05) is 25.0 Å². The summed E-state index contributed by atoms with van der Waals surface area (Å²) in [5.41, 5.74) is 5.84. The van der Waals surface area contributed by atoms with E-state index in [0.717, 1.165) is 25.8 Å². The first-order valence-corrected chi connectivity index (χ1v) is 7.43. The highest BCUT2D eigenvalue weighted by Gasteiger charge is 2.17. The van der Waals surface area contributed by atoms with Crippen LogP contribution in [-0.4, -0.2) is 37.3 Å². The van der Waals surface area contributed by atoms with Crippen LogP contribution in [0.4, 0.5) is 11.9 Å². The Morgan fingerprint density at radius 1 is 1.29 bits per heavy atom. The van der Waals surface area contributed by atoms with E-state index in [-0.39, 0.29) is 5.95 Å². The predicted octanol–water partition coefficient (Wildman–Crippen LogP) is 2.04. The lowest BCUT2D eigenvalue weighted by atomic mass is 10.2. The van der Waals surface area contributed by atoms with E-state index in [1.165, 1.54) is 0 Å². The summed E-state index contributed by atoms with van der Waals surface area (Å²) in [5.74, 6) is 1.29. The van der Waals surface area contributed by atoms with Crippen molar-refractivity contribution in [1.82, 2.24) is 24.7 Å². The zero-order valence-corrected chi connectivity index (χ0v) is 12.9. The van der Waals surface area contributed by atoms with E-state index >= 15 is 0 Å². The molecule has 2 rings (SSSR count). The lowest BCUT2D eigenvalue weighted by Crippen LogP contribution is -2.35. The second-order valence-electron chi connectivity index (χ2n) is 5.05. The fraction of sp³-hybridized carbons (Fsp3) is 0.571. The van der Waals surface area contributed by atoms with E-state index in [4.69, 9.17) is 5.73 Å². The molecular formula is C14H23N7. The van der Waals surface area contributed by atoms with Crippen LogP contribution in [0.5, 0.6) is 0 Å². The molecule has 0 aliphatic carbocycles. The van der Waals surface area contributed by atoms with Crippen molar-refractivity contribution in [3.05, 3.63) is 18.5 Å². The lowest BCUT2D eigenvalue weighted by molar-refractivity contribution is 0.580. The van der Waals surface area contributed by atoms with Crippen LogP contribution in [0, 0.1) is 0 Å². The molecule has 21 heavy (non-hydrogen) atoms. The minimum atomic E-state index is 0.218. The maximum absolute atomic E-state index is 5.84. The number of aromatic nitrogens is 5. The first-order valence-electron chi connectivity index (χ1n) is 7.43. The minimum Gasteiger partial charge on any atom is -0.368 e. The summed E-state index contributed by atoms with van der Waals surface area (Å²) in [6.07, 6.45) is 6.71. The summed E-state index contributed by atoms with van der Waals surface area (Å²) < 4.78 is 1.59. The highest BCUT2D eigenvalue weighted by Crippen LogP contribution is 2.17. The fourth-order valence-corrected chi connectivity index (χ4v) is 2.05. The summed E-state index contributed by atoms with van der Waals surface area (Å²) in [6.45, 7) is 7.41. The Bertz CT molecular complexity index is 552. The van der Waals surface area contributed by atoms with Crippen molar-refractivity contribution in [2.24, 2.45) is 0 Å². The number of anilines is 2. The molecule has 2 heterocycles. The van der Waals surface area contributed by atoms with Gasteiger partial charge in [-0.15, -0.1) is 0 Å². The van der Waals surface area contributed by atoms with Crippen molar-refractivity contribution in [3.8, 4) is 5.95 Å². The van der Waals surface area contributed by atoms with Gasteiger partial charge in [0.05, 0.1) is 0 Å². The Morgan fingerprint density at radius 3 is 2.71 bits per heavy atom. The number of nitrogen functional groups attached to an aromatic ring is 1. The van der Waals surface area contributed by atoms with Gasteiger partial charge in [0.25, 0.3) is 5.95 Å². The normalized spacial score (nSPS) is 12.3. The standard InChI is InChI=1S/C14H23N7/c1-4-6-9-20(11(3)5-2)13-17-12(15)18-14(19-13)21-10-7-8-16-21/h7-8,10-11H,4-6,9H2,1-3H3,(H2,15,17,18,19). The third-order valence-electron chi connectivity index (χ3n) is 3.47. The molecule has 0 saturated carbocycles. The quantitative estimate of drug-likeness (QED) is 0.839. The second-order valence-corrected chi connectivity index (χ2v) is 5.05. The van der Waals surface area contributed by atoms with Gasteiger partial charge in [0.1, 0.15) is 0 Å². The van der Waals surface area contributed by atoms with Crippen LogP contribution in [0.15, 0.2) is 18.5 Å². The number of rotatable bonds is 7. The van der Waals surface area contributed by atoms with Gasteiger partial charge in [-0.3, -0.25) is 0 Å². The molecule has 2 aromatic heterocycles. The molecule has 0 saturated heterocycles. The molecule has 7 heteroatoms. The number of unbranched alkanes of at least 4 members (excludes halogenated alkanes) is 1. The van der Waals surface area contributed by atoms with E-state index in [0.29, 0.717) is 17.9 Å². The maximum Gasteiger partial charge on any atom is 0.257 e. The fourth-order valence-electron chi connectivity index (χ4n) is 2.05. The number of hydrogen-bond acceptors (Lipinski definition) is 6. The third-order valence-corrected chi connectivity index (χ3v) is 3.47. The molecule has 1 unspecified atom stereocenters. The largest absolute Gasteiger partial charge is 0.368 e. The average molecular weight is 289 g/mol. The summed E-state index contributed by atoms with van der Waals surface area (Å²) >= 11 is 0. The minimum absolute atomic E-state index is 0.218. The molecule has 0 spiro atoms. The van der Waals surface area contributed by atoms with Gasteiger partial charge in [-0.25, -0.2) is 4.68 Å². The Hall–Kier alpha value is -2.18. The van der Waals surface area contributed by atoms with Gasteiger partial charge < -0.3 is 10.6 Å². The number of hydrogen-bond donors (Lipinski definition) is 1. The molecule has 0 aromatic carbocycles. The zero-order valence-electron chi connectivity index (χ0n) is 12.9. The van der Waals surface area contributed by atoms with Gasteiger partial charge in [-0.05, 0) is 25.8 Å². The molecule has 1 atom stereocenters. The van der Waals surface area contributed by atoms with Gasteiger partial charge in [-0.2, -0.15) is 20.1 Å². The molecule has 2 aromatic rings. The van der Waals surface area contributed by atoms with E-state index in [1.807, 2.05) is 6.07 Å². The first-order chi connectivity index (χ1) is 10.2. The molecule has 7 nitrogen and oxygen atoms in total. The summed E-state index contributed by atoms with van der Waals surface area (Å²) in [4.78, 5) is 15.2. The van der Waals surface area contributed by atoms with Crippen LogP contribution in [0.1, 0.15) is 40.0 Å². The summed E-state index contributed by atoms with van der Waals surface area (Å²) in [7, 11) is 0. The summed E-state index contributed by atoms with van der Waals surface area (Å²) in [5, 5.41) is 4.15. The van der Waals surface area contributed by atoms with Crippen molar-refractivity contribution in [3.63, 3.8) is 0 Å². The van der Waals surface area contributed by atoms with Crippen molar-refractivity contribution in [1.29, 1.82) is 0 Å². The highest BCUT2D eigenvalue weighted by atomic mass is 15.4. The summed E-state index contributed by atoms with van der Waals surface area (Å²) in [6, 6.07) is 2.17. The van der Waals surface area contributed by atoms with E-state index in [2.05, 4.69) is 45.7 Å². The molecule has 0 aliphatic heterocycles. The molecule has 0 amide bonds. The molecule has 114 valence electrons. The van der Waals surface area contributed by atoms with Crippen LogP contribution in [0.2, 0.25) is 0 Å². The average Bonchev–Trinajstić information content (AvgIpc) is 3.01. The molecule has 0 bridgehead atoms. The molecule has 0 fully saturated rings. The van der Waals surface area contributed by atoms with Crippen molar-refractivity contribution in [2.45, 2.75) is 46.1 Å². The van der Waals surface area contributed by atoms with Gasteiger partial charge >= 0.3 is 0 Å². The molecule has 2 N–H and O–H groups in total. The first kappa shape index (κ1) is 15.2. The third kappa shape index (κ3) is 3.68. The second kappa shape index (κ2) is 7.01. The lowest BCUT2D eigenvalue weighted by Gasteiger charge is -2.28. The molecule has 0 aliphatic rings. The van der Waals surface area contributed by atoms with Crippen LogP contribution in [0.3, 0.4) is 0 Å². The Balaban J connectivity index is 2.35. The maximum atomic E-state index is 5.84. The van der Waals surface area contributed by atoms with Crippen molar-refractivity contribution in [2.75, 3.05) is 17.2 Å². The van der Waals surface area contributed by atoms with Crippen molar-refractivity contribution >= 4 is 11.9 Å².